The van der Waals surface area contributed by atoms with Crippen molar-refractivity contribution in [2.45, 2.75) is 0 Å². The Hall–Kier alpha value is -3.14. The molecule has 3 aromatic rings. The van der Waals surface area contributed by atoms with Crippen LogP contribution in [0.5, 0.6) is 5.75 Å². The van der Waals surface area contributed by atoms with Crippen LogP contribution in [0, 0.1) is 0 Å². The van der Waals surface area contributed by atoms with Crippen LogP contribution >= 0.6 is 0 Å². The van der Waals surface area contributed by atoms with Crippen molar-refractivity contribution in [3.05, 3.63) is 78.6 Å². The first kappa shape index (κ1) is 13.8. The quantitative estimate of drug-likeness (QED) is 0.773. The fourth-order valence-corrected chi connectivity index (χ4v) is 2.11. The molecule has 2 aromatic carbocycles. The van der Waals surface area contributed by atoms with E-state index in [1.54, 1.807) is 48.8 Å². The number of anilines is 1. The van der Waals surface area contributed by atoms with E-state index in [4.69, 9.17) is 0 Å². The van der Waals surface area contributed by atoms with Crippen molar-refractivity contribution in [1.29, 1.82) is 0 Å². The SMILES string of the molecule is O=C(Nc1cccnc1)c1ccc(-c2ccc(O)cc2)cc1. The number of rotatable bonds is 3. The Balaban J connectivity index is 1.76. The molecular formula is C18H14N2O2. The molecule has 22 heavy (non-hydrogen) atoms. The van der Waals surface area contributed by atoms with Crippen LogP contribution in [0.3, 0.4) is 0 Å². The third-order valence-electron chi connectivity index (χ3n) is 3.27. The van der Waals surface area contributed by atoms with Gasteiger partial charge in [0, 0.05) is 11.8 Å². The Kier molecular flexibility index (Phi) is 3.83. The molecule has 0 spiro atoms. The maximum atomic E-state index is 12.1. The summed E-state index contributed by atoms with van der Waals surface area (Å²) in [7, 11) is 0. The van der Waals surface area contributed by atoms with Crippen molar-refractivity contribution >= 4 is 11.6 Å². The Labute approximate surface area is 128 Å². The summed E-state index contributed by atoms with van der Waals surface area (Å²) in [5.41, 5.74) is 3.21. The van der Waals surface area contributed by atoms with E-state index >= 15 is 0 Å². The van der Waals surface area contributed by atoms with E-state index in [1.165, 1.54) is 0 Å². The molecule has 4 heteroatoms. The minimum atomic E-state index is -0.176. The average Bonchev–Trinajstić information content (AvgIpc) is 2.57. The Morgan fingerprint density at radius 2 is 1.55 bits per heavy atom. The van der Waals surface area contributed by atoms with Crippen molar-refractivity contribution in [1.82, 2.24) is 4.98 Å². The summed E-state index contributed by atoms with van der Waals surface area (Å²) in [6.07, 6.45) is 3.25. The van der Waals surface area contributed by atoms with Crippen LogP contribution < -0.4 is 5.32 Å². The van der Waals surface area contributed by atoms with E-state index in [0.717, 1.165) is 11.1 Å². The van der Waals surface area contributed by atoms with Gasteiger partial charge in [0.25, 0.3) is 5.91 Å². The second-order valence-corrected chi connectivity index (χ2v) is 4.82. The van der Waals surface area contributed by atoms with Gasteiger partial charge in [-0.3, -0.25) is 9.78 Å². The van der Waals surface area contributed by atoms with Crippen LogP contribution in [-0.2, 0) is 0 Å². The lowest BCUT2D eigenvalue weighted by atomic mass is 10.0. The van der Waals surface area contributed by atoms with E-state index in [2.05, 4.69) is 10.3 Å². The molecule has 108 valence electrons. The molecule has 0 aliphatic heterocycles. The zero-order valence-electron chi connectivity index (χ0n) is 11.7. The maximum absolute atomic E-state index is 12.1. The van der Waals surface area contributed by atoms with Crippen molar-refractivity contribution in [2.75, 3.05) is 5.32 Å². The fourth-order valence-electron chi connectivity index (χ4n) is 2.11. The molecule has 0 unspecified atom stereocenters. The van der Waals surface area contributed by atoms with Gasteiger partial charge in [0.05, 0.1) is 11.9 Å². The van der Waals surface area contributed by atoms with Crippen molar-refractivity contribution in [3.8, 4) is 16.9 Å². The molecular weight excluding hydrogens is 276 g/mol. The number of aromatic nitrogens is 1. The molecule has 3 rings (SSSR count). The maximum Gasteiger partial charge on any atom is 0.255 e. The summed E-state index contributed by atoms with van der Waals surface area (Å²) >= 11 is 0. The number of benzene rings is 2. The van der Waals surface area contributed by atoms with Gasteiger partial charge in [-0.25, -0.2) is 0 Å². The number of nitrogens with one attached hydrogen (secondary N) is 1. The predicted octanol–water partition coefficient (Wildman–Crippen LogP) is 3.71. The smallest absolute Gasteiger partial charge is 0.255 e. The lowest BCUT2D eigenvalue weighted by Crippen LogP contribution is -2.11. The van der Waals surface area contributed by atoms with Gasteiger partial charge in [-0.1, -0.05) is 24.3 Å². The molecule has 0 saturated heterocycles. The first-order chi connectivity index (χ1) is 10.7. The minimum absolute atomic E-state index is 0.176. The molecule has 0 atom stereocenters. The van der Waals surface area contributed by atoms with Crippen LogP contribution in [-0.4, -0.2) is 16.0 Å². The number of carbonyl (C=O) groups is 1. The van der Waals surface area contributed by atoms with E-state index in [-0.39, 0.29) is 11.7 Å². The normalized spacial score (nSPS) is 10.2. The highest BCUT2D eigenvalue weighted by Gasteiger charge is 2.06. The average molecular weight is 290 g/mol. The third kappa shape index (κ3) is 3.12. The number of hydrogen-bond acceptors (Lipinski definition) is 3. The molecule has 0 saturated carbocycles. The van der Waals surface area contributed by atoms with Gasteiger partial charge in [0.15, 0.2) is 0 Å². The van der Waals surface area contributed by atoms with Gasteiger partial charge >= 0.3 is 0 Å². The summed E-state index contributed by atoms with van der Waals surface area (Å²) in [4.78, 5) is 16.1. The van der Waals surface area contributed by atoms with Gasteiger partial charge in [-0.15, -0.1) is 0 Å². The number of phenols is 1. The number of pyridine rings is 1. The highest BCUT2D eigenvalue weighted by molar-refractivity contribution is 6.04. The molecule has 1 heterocycles. The molecule has 0 bridgehead atoms. The van der Waals surface area contributed by atoms with Crippen LogP contribution in [0.25, 0.3) is 11.1 Å². The van der Waals surface area contributed by atoms with Crippen molar-refractivity contribution < 1.29 is 9.90 Å². The van der Waals surface area contributed by atoms with Gasteiger partial charge in [0.1, 0.15) is 5.75 Å². The number of phenolic OH excluding ortho intramolecular Hbond substituents is 1. The molecule has 0 aliphatic rings. The second-order valence-electron chi connectivity index (χ2n) is 4.82. The first-order valence-corrected chi connectivity index (χ1v) is 6.83. The lowest BCUT2D eigenvalue weighted by molar-refractivity contribution is 0.102. The van der Waals surface area contributed by atoms with Crippen LogP contribution in [0.4, 0.5) is 5.69 Å². The van der Waals surface area contributed by atoms with Crippen LogP contribution in [0.1, 0.15) is 10.4 Å². The number of amides is 1. The van der Waals surface area contributed by atoms with Crippen molar-refractivity contribution in [3.63, 3.8) is 0 Å². The molecule has 2 N–H and O–H groups in total. The minimum Gasteiger partial charge on any atom is -0.508 e. The fraction of sp³-hybridized carbons (Fsp3) is 0. The summed E-state index contributed by atoms with van der Waals surface area (Å²) in [6, 6.07) is 17.8. The third-order valence-corrected chi connectivity index (χ3v) is 3.27. The summed E-state index contributed by atoms with van der Waals surface area (Å²) in [6.45, 7) is 0. The highest BCUT2D eigenvalue weighted by atomic mass is 16.3. The van der Waals surface area contributed by atoms with Crippen LogP contribution in [0.15, 0.2) is 73.1 Å². The Bertz CT molecular complexity index is 766. The highest BCUT2D eigenvalue weighted by Crippen LogP contribution is 2.22. The van der Waals surface area contributed by atoms with E-state index in [1.807, 2.05) is 24.3 Å². The predicted molar refractivity (Wildman–Crippen MR) is 85.7 cm³/mol. The molecule has 1 amide bonds. The van der Waals surface area contributed by atoms with E-state index in [9.17, 15) is 9.90 Å². The van der Waals surface area contributed by atoms with E-state index in [0.29, 0.717) is 11.3 Å². The first-order valence-electron chi connectivity index (χ1n) is 6.83. The Morgan fingerprint density at radius 1 is 0.909 bits per heavy atom. The van der Waals surface area contributed by atoms with Gasteiger partial charge < -0.3 is 10.4 Å². The topological polar surface area (TPSA) is 62.2 Å². The largest absolute Gasteiger partial charge is 0.508 e. The van der Waals surface area contributed by atoms with Crippen LogP contribution in [0.2, 0.25) is 0 Å². The zero-order valence-corrected chi connectivity index (χ0v) is 11.7. The molecule has 0 radical (unpaired) electrons. The molecule has 0 aliphatic carbocycles. The lowest BCUT2D eigenvalue weighted by Gasteiger charge is -2.06. The summed E-state index contributed by atoms with van der Waals surface area (Å²) in [5.74, 6) is 0.0569. The number of nitrogens with zero attached hydrogens (tertiary/aromatic N) is 1. The van der Waals surface area contributed by atoms with Gasteiger partial charge in [0.2, 0.25) is 0 Å². The molecule has 1 aromatic heterocycles. The summed E-state index contributed by atoms with van der Waals surface area (Å²) < 4.78 is 0. The number of carbonyl (C=O) groups excluding carboxylic acids is 1. The van der Waals surface area contributed by atoms with E-state index < -0.39 is 0 Å². The monoisotopic (exact) mass is 290 g/mol. The zero-order chi connectivity index (χ0) is 15.4. The molecule has 0 fully saturated rings. The van der Waals surface area contributed by atoms with Gasteiger partial charge in [-0.05, 0) is 47.5 Å². The second kappa shape index (κ2) is 6.10. The number of aromatic hydroxyl groups is 1. The standard InChI is InChI=1S/C18H14N2O2/c21-17-9-7-14(8-10-17)13-3-5-15(6-4-13)18(22)20-16-2-1-11-19-12-16/h1-12,21H,(H,20,22). The Morgan fingerprint density at radius 3 is 2.14 bits per heavy atom. The number of hydrogen-bond donors (Lipinski definition) is 2. The molecule has 4 nitrogen and oxygen atoms in total. The van der Waals surface area contributed by atoms with Gasteiger partial charge in [-0.2, -0.15) is 0 Å². The summed E-state index contributed by atoms with van der Waals surface area (Å²) in [5, 5.41) is 12.1. The van der Waals surface area contributed by atoms with Crippen molar-refractivity contribution in [2.24, 2.45) is 0 Å².